The first-order valence-corrected chi connectivity index (χ1v) is 6.89. The van der Waals surface area contributed by atoms with Gasteiger partial charge in [-0.3, -0.25) is 4.68 Å². The smallest absolute Gasteiger partial charge is 0.247 e. The van der Waals surface area contributed by atoms with E-state index in [9.17, 15) is 0 Å². The van der Waals surface area contributed by atoms with Crippen LogP contribution in [0.3, 0.4) is 0 Å². The third-order valence-electron chi connectivity index (χ3n) is 3.41. The number of nitrogens with zero attached hydrogens (tertiary/aromatic N) is 4. The molecule has 3 aromatic rings. The SMILES string of the molecule is CCn1nccc1CNc1cc(-c2nnco2)ccc1C. The van der Waals surface area contributed by atoms with E-state index in [-0.39, 0.29) is 0 Å². The summed E-state index contributed by atoms with van der Waals surface area (Å²) in [5, 5.41) is 15.4. The van der Waals surface area contributed by atoms with Crippen molar-refractivity contribution in [3.05, 3.63) is 48.1 Å². The van der Waals surface area contributed by atoms with Crippen LogP contribution < -0.4 is 5.32 Å². The maximum atomic E-state index is 5.24. The summed E-state index contributed by atoms with van der Waals surface area (Å²) in [5.41, 5.74) is 4.28. The Morgan fingerprint density at radius 2 is 2.19 bits per heavy atom. The Kier molecular flexibility index (Phi) is 3.68. The van der Waals surface area contributed by atoms with E-state index in [2.05, 4.69) is 34.5 Å². The van der Waals surface area contributed by atoms with Crippen molar-refractivity contribution in [2.75, 3.05) is 5.32 Å². The monoisotopic (exact) mass is 283 g/mol. The fourth-order valence-corrected chi connectivity index (χ4v) is 2.23. The lowest BCUT2D eigenvalue weighted by Crippen LogP contribution is -2.08. The number of aryl methyl sites for hydroxylation is 2. The molecule has 0 bridgehead atoms. The van der Waals surface area contributed by atoms with Gasteiger partial charge in [0, 0.05) is 24.0 Å². The Labute approximate surface area is 122 Å². The van der Waals surface area contributed by atoms with E-state index in [1.165, 1.54) is 12.0 Å². The maximum absolute atomic E-state index is 5.24. The number of nitrogens with one attached hydrogen (secondary N) is 1. The molecule has 108 valence electrons. The minimum atomic E-state index is 0.525. The van der Waals surface area contributed by atoms with Gasteiger partial charge in [0.1, 0.15) is 0 Å². The molecule has 0 unspecified atom stereocenters. The number of hydrogen-bond acceptors (Lipinski definition) is 5. The zero-order chi connectivity index (χ0) is 14.7. The summed E-state index contributed by atoms with van der Waals surface area (Å²) in [5.74, 6) is 0.525. The van der Waals surface area contributed by atoms with Gasteiger partial charge in [-0.2, -0.15) is 5.10 Å². The lowest BCUT2D eigenvalue weighted by molar-refractivity contribution is 0.568. The first kappa shape index (κ1) is 13.4. The number of rotatable bonds is 5. The zero-order valence-electron chi connectivity index (χ0n) is 12.1. The van der Waals surface area contributed by atoms with Crippen LogP contribution in [0.4, 0.5) is 5.69 Å². The summed E-state index contributed by atoms with van der Waals surface area (Å²) in [6.45, 7) is 5.74. The lowest BCUT2D eigenvalue weighted by atomic mass is 10.1. The van der Waals surface area contributed by atoms with Crippen molar-refractivity contribution in [1.29, 1.82) is 0 Å². The fourth-order valence-electron chi connectivity index (χ4n) is 2.23. The predicted molar refractivity (Wildman–Crippen MR) is 79.7 cm³/mol. The highest BCUT2D eigenvalue weighted by atomic mass is 16.4. The normalized spacial score (nSPS) is 10.8. The molecular weight excluding hydrogens is 266 g/mol. The molecular formula is C15H17N5O. The van der Waals surface area contributed by atoms with Crippen molar-refractivity contribution in [3.8, 4) is 11.5 Å². The van der Waals surface area contributed by atoms with E-state index in [0.717, 1.165) is 30.0 Å². The molecule has 0 aliphatic carbocycles. The summed E-state index contributed by atoms with van der Waals surface area (Å²) in [6, 6.07) is 8.06. The Morgan fingerprint density at radius 3 is 2.95 bits per heavy atom. The third kappa shape index (κ3) is 2.79. The number of benzene rings is 1. The molecule has 6 heteroatoms. The highest BCUT2D eigenvalue weighted by molar-refractivity contribution is 5.64. The van der Waals surface area contributed by atoms with Gasteiger partial charge in [-0.05, 0) is 37.6 Å². The zero-order valence-corrected chi connectivity index (χ0v) is 12.1. The molecule has 0 aliphatic heterocycles. The number of anilines is 1. The Hall–Kier alpha value is -2.63. The standard InChI is InChI=1S/C15H17N5O/c1-3-20-13(6-7-18-20)9-16-14-8-12(5-4-11(14)2)15-19-17-10-21-15/h4-8,10,16H,3,9H2,1-2H3. The van der Waals surface area contributed by atoms with E-state index in [1.807, 2.05) is 35.1 Å². The summed E-state index contributed by atoms with van der Waals surface area (Å²) < 4.78 is 7.21. The van der Waals surface area contributed by atoms with Crippen LogP contribution in [0.2, 0.25) is 0 Å². The first-order chi connectivity index (χ1) is 10.3. The van der Waals surface area contributed by atoms with Gasteiger partial charge in [0.2, 0.25) is 12.3 Å². The van der Waals surface area contributed by atoms with Crippen LogP contribution in [-0.2, 0) is 13.1 Å². The van der Waals surface area contributed by atoms with Crippen molar-refractivity contribution in [1.82, 2.24) is 20.0 Å². The van der Waals surface area contributed by atoms with Crippen molar-refractivity contribution < 1.29 is 4.42 Å². The molecule has 0 saturated heterocycles. The van der Waals surface area contributed by atoms with E-state index >= 15 is 0 Å². The molecule has 2 heterocycles. The minimum Gasteiger partial charge on any atom is -0.423 e. The van der Waals surface area contributed by atoms with E-state index in [4.69, 9.17) is 4.42 Å². The van der Waals surface area contributed by atoms with Crippen LogP contribution in [0.25, 0.3) is 11.5 Å². The molecule has 0 radical (unpaired) electrons. The molecule has 21 heavy (non-hydrogen) atoms. The van der Waals surface area contributed by atoms with Gasteiger partial charge < -0.3 is 9.73 Å². The molecule has 1 aromatic carbocycles. The average Bonchev–Trinajstić information content (AvgIpc) is 3.17. The summed E-state index contributed by atoms with van der Waals surface area (Å²) in [6.07, 6.45) is 3.16. The molecule has 3 rings (SSSR count). The van der Waals surface area contributed by atoms with Crippen LogP contribution in [-0.4, -0.2) is 20.0 Å². The average molecular weight is 283 g/mol. The molecule has 0 spiro atoms. The van der Waals surface area contributed by atoms with Gasteiger partial charge in [0.15, 0.2) is 0 Å². The Bertz CT molecular complexity index is 718. The quantitative estimate of drug-likeness (QED) is 0.779. The second-order valence-corrected chi connectivity index (χ2v) is 4.77. The summed E-state index contributed by atoms with van der Waals surface area (Å²) in [7, 11) is 0. The Balaban J connectivity index is 1.80. The molecule has 6 nitrogen and oxygen atoms in total. The minimum absolute atomic E-state index is 0.525. The predicted octanol–water partition coefficient (Wildman–Crippen LogP) is 2.87. The molecule has 2 aromatic heterocycles. The van der Waals surface area contributed by atoms with Gasteiger partial charge >= 0.3 is 0 Å². The lowest BCUT2D eigenvalue weighted by Gasteiger charge is -2.11. The highest BCUT2D eigenvalue weighted by Crippen LogP contribution is 2.24. The van der Waals surface area contributed by atoms with Gasteiger partial charge in [0.25, 0.3) is 0 Å². The van der Waals surface area contributed by atoms with Gasteiger partial charge in [-0.1, -0.05) is 6.07 Å². The topological polar surface area (TPSA) is 68.8 Å². The van der Waals surface area contributed by atoms with Crippen LogP contribution in [0.15, 0.2) is 41.3 Å². The van der Waals surface area contributed by atoms with E-state index < -0.39 is 0 Å². The third-order valence-corrected chi connectivity index (χ3v) is 3.41. The van der Waals surface area contributed by atoms with Crippen molar-refractivity contribution in [2.24, 2.45) is 0 Å². The fraction of sp³-hybridized carbons (Fsp3) is 0.267. The first-order valence-electron chi connectivity index (χ1n) is 6.89. The summed E-state index contributed by atoms with van der Waals surface area (Å²) in [4.78, 5) is 0. The highest BCUT2D eigenvalue weighted by Gasteiger charge is 2.07. The van der Waals surface area contributed by atoms with Crippen molar-refractivity contribution in [2.45, 2.75) is 26.9 Å². The Morgan fingerprint density at radius 1 is 1.29 bits per heavy atom. The molecule has 0 fully saturated rings. The molecule has 1 N–H and O–H groups in total. The van der Waals surface area contributed by atoms with Crippen LogP contribution in [0.5, 0.6) is 0 Å². The van der Waals surface area contributed by atoms with E-state index in [0.29, 0.717) is 5.89 Å². The van der Waals surface area contributed by atoms with Crippen molar-refractivity contribution in [3.63, 3.8) is 0 Å². The van der Waals surface area contributed by atoms with Gasteiger partial charge in [-0.25, -0.2) is 0 Å². The molecule has 0 amide bonds. The van der Waals surface area contributed by atoms with Gasteiger partial charge in [0.05, 0.1) is 12.2 Å². The molecule has 0 atom stereocenters. The van der Waals surface area contributed by atoms with Crippen LogP contribution in [0.1, 0.15) is 18.2 Å². The number of hydrogen-bond donors (Lipinski definition) is 1. The van der Waals surface area contributed by atoms with E-state index in [1.54, 1.807) is 0 Å². The van der Waals surface area contributed by atoms with Crippen LogP contribution >= 0.6 is 0 Å². The largest absolute Gasteiger partial charge is 0.423 e. The maximum Gasteiger partial charge on any atom is 0.247 e. The van der Waals surface area contributed by atoms with Crippen LogP contribution in [0, 0.1) is 6.92 Å². The van der Waals surface area contributed by atoms with Gasteiger partial charge in [-0.15, -0.1) is 10.2 Å². The molecule has 0 saturated carbocycles. The number of aromatic nitrogens is 4. The molecule has 0 aliphatic rings. The second-order valence-electron chi connectivity index (χ2n) is 4.77. The van der Waals surface area contributed by atoms with Crippen molar-refractivity contribution >= 4 is 5.69 Å². The second kappa shape index (κ2) is 5.78. The summed E-state index contributed by atoms with van der Waals surface area (Å²) >= 11 is 0.